The van der Waals surface area contributed by atoms with Gasteiger partial charge in [0.2, 0.25) is 11.7 Å². The van der Waals surface area contributed by atoms with Crippen LogP contribution < -0.4 is 10.1 Å². The number of ether oxygens (including phenoxy) is 2. The number of anilines is 1. The number of aromatic carboxylic acids is 1. The summed E-state index contributed by atoms with van der Waals surface area (Å²) in [7, 11) is 0. The van der Waals surface area contributed by atoms with Gasteiger partial charge in [0.15, 0.2) is 0 Å². The zero-order valence-electron chi connectivity index (χ0n) is 15.6. The van der Waals surface area contributed by atoms with Gasteiger partial charge in [-0.3, -0.25) is 4.79 Å². The third-order valence-corrected chi connectivity index (χ3v) is 4.14. The highest BCUT2D eigenvalue weighted by atomic mass is 35.5. The summed E-state index contributed by atoms with van der Waals surface area (Å²) in [4.78, 5) is 32.3. The maximum absolute atomic E-state index is 12.4. The van der Waals surface area contributed by atoms with E-state index in [4.69, 9.17) is 21.1 Å². The Labute approximate surface area is 171 Å². The van der Waals surface area contributed by atoms with Crippen LogP contribution in [0.25, 0.3) is 11.0 Å². The van der Waals surface area contributed by atoms with Gasteiger partial charge in [0.25, 0.3) is 0 Å². The van der Waals surface area contributed by atoms with Crippen molar-refractivity contribution in [1.82, 2.24) is 14.5 Å². The van der Waals surface area contributed by atoms with Crippen molar-refractivity contribution >= 4 is 40.3 Å². The minimum absolute atomic E-state index is 0.259. The lowest BCUT2D eigenvalue weighted by Gasteiger charge is -2.09. The van der Waals surface area contributed by atoms with Crippen molar-refractivity contribution in [3.05, 3.63) is 47.4 Å². The number of rotatable bonds is 9. The van der Waals surface area contributed by atoms with E-state index < -0.39 is 11.9 Å². The zero-order chi connectivity index (χ0) is 20.8. The standard InChI is InChI=1S/C19H19ClN4O5/c1-2-28-8-9-29-14-5-3-4-13-17(14)23-18(19(26)27)24(13)11-16(25)22-15-7-6-12(20)10-21-15/h3-7,10H,2,8-9,11H2,1H3,(H,26,27)(H,21,22,25). The van der Waals surface area contributed by atoms with E-state index in [0.29, 0.717) is 47.4 Å². The van der Waals surface area contributed by atoms with E-state index in [1.807, 2.05) is 6.92 Å². The fourth-order valence-corrected chi connectivity index (χ4v) is 2.80. The van der Waals surface area contributed by atoms with Crippen molar-refractivity contribution in [2.45, 2.75) is 13.5 Å². The van der Waals surface area contributed by atoms with Gasteiger partial charge in [-0.2, -0.15) is 0 Å². The Morgan fingerprint density at radius 1 is 1.24 bits per heavy atom. The molecule has 0 saturated heterocycles. The Hall–Kier alpha value is -3.17. The SMILES string of the molecule is CCOCCOc1cccc2c1nc(C(=O)O)n2CC(=O)Nc1ccc(Cl)cn1. The van der Waals surface area contributed by atoms with E-state index in [2.05, 4.69) is 15.3 Å². The van der Waals surface area contributed by atoms with Crippen LogP contribution >= 0.6 is 11.6 Å². The summed E-state index contributed by atoms with van der Waals surface area (Å²) in [6.07, 6.45) is 1.40. The van der Waals surface area contributed by atoms with Crippen LogP contribution in [0.2, 0.25) is 5.02 Å². The van der Waals surface area contributed by atoms with Crippen LogP contribution in [-0.2, 0) is 16.1 Å². The predicted molar refractivity (Wildman–Crippen MR) is 107 cm³/mol. The third kappa shape index (κ3) is 5.01. The summed E-state index contributed by atoms with van der Waals surface area (Å²) in [6.45, 7) is 2.89. The Morgan fingerprint density at radius 2 is 2.07 bits per heavy atom. The second-order valence-electron chi connectivity index (χ2n) is 5.91. The molecule has 2 N–H and O–H groups in total. The number of hydrogen-bond acceptors (Lipinski definition) is 6. The molecule has 9 nitrogen and oxygen atoms in total. The highest BCUT2D eigenvalue weighted by Crippen LogP contribution is 2.26. The van der Waals surface area contributed by atoms with Crippen molar-refractivity contribution in [2.75, 3.05) is 25.1 Å². The van der Waals surface area contributed by atoms with Gasteiger partial charge in [-0.25, -0.2) is 14.8 Å². The average Bonchev–Trinajstić information content (AvgIpc) is 3.06. The first-order valence-electron chi connectivity index (χ1n) is 8.84. The van der Waals surface area contributed by atoms with Gasteiger partial charge in [0.1, 0.15) is 30.2 Å². The van der Waals surface area contributed by atoms with Crippen LogP contribution in [-0.4, -0.2) is 51.3 Å². The molecule has 3 aromatic rings. The minimum atomic E-state index is -1.25. The number of para-hydroxylation sites is 1. The normalized spacial score (nSPS) is 10.8. The van der Waals surface area contributed by atoms with Crippen LogP contribution in [0.3, 0.4) is 0 Å². The number of pyridine rings is 1. The number of carboxylic acid groups (broad SMARTS) is 1. The van der Waals surface area contributed by atoms with Crippen LogP contribution in [0.1, 0.15) is 17.5 Å². The number of benzene rings is 1. The molecule has 0 aliphatic rings. The number of carbonyl (C=O) groups excluding carboxylic acids is 1. The van der Waals surface area contributed by atoms with Crippen LogP contribution in [0.5, 0.6) is 5.75 Å². The van der Waals surface area contributed by atoms with Gasteiger partial charge < -0.3 is 24.5 Å². The van der Waals surface area contributed by atoms with E-state index in [-0.39, 0.29) is 12.4 Å². The average molecular weight is 419 g/mol. The number of carboxylic acids is 1. The fraction of sp³-hybridized carbons (Fsp3) is 0.263. The lowest BCUT2D eigenvalue weighted by atomic mass is 10.3. The van der Waals surface area contributed by atoms with E-state index in [1.54, 1.807) is 30.3 Å². The molecule has 0 radical (unpaired) electrons. The molecule has 0 saturated carbocycles. The summed E-state index contributed by atoms with van der Waals surface area (Å²) in [6, 6.07) is 8.22. The smallest absolute Gasteiger partial charge is 0.372 e. The molecule has 0 fully saturated rings. The minimum Gasteiger partial charge on any atom is -0.489 e. The van der Waals surface area contributed by atoms with Gasteiger partial charge in [-0.05, 0) is 31.2 Å². The summed E-state index contributed by atoms with van der Waals surface area (Å²) in [5, 5.41) is 12.6. The van der Waals surface area contributed by atoms with E-state index >= 15 is 0 Å². The zero-order valence-corrected chi connectivity index (χ0v) is 16.3. The molecule has 10 heteroatoms. The molecule has 0 aliphatic heterocycles. The molecule has 2 heterocycles. The van der Waals surface area contributed by atoms with Crippen LogP contribution in [0.15, 0.2) is 36.5 Å². The lowest BCUT2D eigenvalue weighted by molar-refractivity contribution is -0.116. The first-order chi connectivity index (χ1) is 14.0. The molecule has 29 heavy (non-hydrogen) atoms. The van der Waals surface area contributed by atoms with E-state index in [1.165, 1.54) is 10.8 Å². The van der Waals surface area contributed by atoms with Crippen molar-refractivity contribution in [1.29, 1.82) is 0 Å². The van der Waals surface area contributed by atoms with Gasteiger partial charge in [-0.1, -0.05) is 17.7 Å². The molecule has 0 unspecified atom stereocenters. The number of aromatic nitrogens is 3. The molecule has 3 rings (SSSR count). The monoisotopic (exact) mass is 418 g/mol. The summed E-state index contributed by atoms with van der Waals surface area (Å²) < 4.78 is 12.2. The van der Waals surface area contributed by atoms with Crippen LogP contribution in [0, 0.1) is 0 Å². The highest BCUT2D eigenvalue weighted by Gasteiger charge is 2.21. The number of nitrogens with one attached hydrogen (secondary N) is 1. The van der Waals surface area contributed by atoms with Gasteiger partial charge in [0, 0.05) is 12.8 Å². The van der Waals surface area contributed by atoms with Crippen molar-refractivity contribution in [3.8, 4) is 5.75 Å². The molecule has 0 spiro atoms. The number of hydrogen-bond donors (Lipinski definition) is 2. The number of amides is 1. The number of fused-ring (bicyclic) bond motifs is 1. The summed E-state index contributed by atoms with van der Waals surface area (Å²) >= 11 is 5.78. The fourth-order valence-electron chi connectivity index (χ4n) is 2.69. The Balaban J connectivity index is 1.85. The quantitative estimate of drug-likeness (QED) is 0.513. The molecule has 2 aromatic heterocycles. The van der Waals surface area contributed by atoms with Gasteiger partial charge >= 0.3 is 5.97 Å². The topological polar surface area (TPSA) is 116 Å². The third-order valence-electron chi connectivity index (χ3n) is 3.92. The molecule has 0 bridgehead atoms. The van der Waals surface area contributed by atoms with E-state index in [9.17, 15) is 14.7 Å². The second-order valence-corrected chi connectivity index (χ2v) is 6.34. The Kier molecular flexibility index (Phi) is 6.63. The lowest BCUT2D eigenvalue weighted by Crippen LogP contribution is -2.22. The van der Waals surface area contributed by atoms with Gasteiger partial charge in [0.05, 0.1) is 17.1 Å². The van der Waals surface area contributed by atoms with Crippen molar-refractivity contribution in [2.24, 2.45) is 0 Å². The molecular weight excluding hydrogens is 400 g/mol. The molecule has 0 atom stereocenters. The number of imidazole rings is 1. The molecular formula is C19H19ClN4O5. The van der Waals surface area contributed by atoms with Gasteiger partial charge in [-0.15, -0.1) is 0 Å². The largest absolute Gasteiger partial charge is 0.489 e. The van der Waals surface area contributed by atoms with Crippen molar-refractivity contribution < 1.29 is 24.2 Å². The van der Waals surface area contributed by atoms with E-state index in [0.717, 1.165) is 0 Å². The second kappa shape index (κ2) is 9.35. The Bertz CT molecular complexity index is 1020. The summed E-state index contributed by atoms with van der Waals surface area (Å²) in [5.41, 5.74) is 0.828. The van der Waals surface area contributed by atoms with Crippen LogP contribution in [0.4, 0.5) is 5.82 Å². The highest BCUT2D eigenvalue weighted by molar-refractivity contribution is 6.30. The molecule has 1 amide bonds. The summed E-state index contributed by atoms with van der Waals surface area (Å²) in [5.74, 6) is -1.24. The maximum atomic E-state index is 12.4. The first kappa shape index (κ1) is 20.6. The Morgan fingerprint density at radius 3 is 2.76 bits per heavy atom. The number of nitrogens with zero attached hydrogens (tertiary/aromatic N) is 3. The predicted octanol–water partition coefficient (Wildman–Crippen LogP) is 2.84. The first-order valence-corrected chi connectivity index (χ1v) is 9.22. The molecule has 1 aromatic carbocycles. The maximum Gasteiger partial charge on any atom is 0.372 e. The number of carbonyl (C=O) groups is 2. The number of halogens is 1. The van der Waals surface area contributed by atoms with Crippen molar-refractivity contribution in [3.63, 3.8) is 0 Å². The molecule has 152 valence electrons. The molecule has 0 aliphatic carbocycles.